The third kappa shape index (κ3) is 3.05. The number of para-hydroxylation sites is 1. The van der Waals surface area contributed by atoms with Crippen LogP contribution in [-0.2, 0) is 0 Å². The zero-order valence-electron chi connectivity index (χ0n) is 12.9. The SMILES string of the molecule is COc1ccccc1C=Cc1cc(=O)c2cc(C(=O)O)ccc2o1. The number of hydrogen-bond donors (Lipinski definition) is 1. The van der Waals surface area contributed by atoms with Gasteiger partial charge in [-0.1, -0.05) is 18.2 Å². The first-order valence-corrected chi connectivity index (χ1v) is 7.21. The lowest BCUT2D eigenvalue weighted by Crippen LogP contribution is -2.03. The van der Waals surface area contributed by atoms with Crippen LogP contribution in [-0.4, -0.2) is 18.2 Å². The Morgan fingerprint density at radius 3 is 2.67 bits per heavy atom. The minimum Gasteiger partial charge on any atom is -0.496 e. The van der Waals surface area contributed by atoms with Crippen LogP contribution in [0.25, 0.3) is 23.1 Å². The van der Waals surface area contributed by atoms with Crippen LogP contribution in [0.3, 0.4) is 0 Å². The van der Waals surface area contributed by atoms with Crippen LogP contribution in [0.1, 0.15) is 21.7 Å². The monoisotopic (exact) mass is 322 g/mol. The summed E-state index contributed by atoms with van der Waals surface area (Å²) in [7, 11) is 1.59. The van der Waals surface area contributed by atoms with Gasteiger partial charge in [0.25, 0.3) is 0 Å². The van der Waals surface area contributed by atoms with Gasteiger partial charge in [0.2, 0.25) is 0 Å². The van der Waals surface area contributed by atoms with Crippen LogP contribution in [0.4, 0.5) is 0 Å². The van der Waals surface area contributed by atoms with Crippen LogP contribution >= 0.6 is 0 Å². The molecular weight excluding hydrogens is 308 g/mol. The van der Waals surface area contributed by atoms with Crippen molar-refractivity contribution in [2.24, 2.45) is 0 Å². The molecule has 1 aromatic heterocycles. The van der Waals surface area contributed by atoms with Crippen LogP contribution in [0.2, 0.25) is 0 Å². The van der Waals surface area contributed by atoms with Gasteiger partial charge in [0, 0.05) is 11.6 Å². The van der Waals surface area contributed by atoms with Crippen molar-refractivity contribution in [1.29, 1.82) is 0 Å². The molecule has 0 spiro atoms. The fourth-order valence-electron chi connectivity index (χ4n) is 2.37. The molecule has 1 N–H and O–H groups in total. The molecule has 0 radical (unpaired) electrons. The largest absolute Gasteiger partial charge is 0.496 e. The number of benzene rings is 2. The first kappa shape index (κ1) is 15.6. The van der Waals surface area contributed by atoms with E-state index < -0.39 is 5.97 Å². The Bertz CT molecular complexity index is 998. The van der Waals surface area contributed by atoms with Crippen molar-refractivity contribution in [2.75, 3.05) is 7.11 Å². The molecule has 0 aliphatic heterocycles. The highest BCUT2D eigenvalue weighted by Gasteiger charge is 2.08. The number of ether oxygens (including phenoxy) is 1. The number of methoxy groups -OCH3 is 1. The molecule has 2 aromatic carbocycles. The minimum absolute atomic E-state index is 0.0483. The summed E-state index contributed by atoms with van der Waals surface area (Å²) in [5.74, 6) is 0.000845. The predicted molar refractivity (Wildman–Crippen MR) is 91.4 cm³/mol. The zero-order valence-corrected chi connectivity index (χ0v) is 12.9. The van der Waals surface area contributed by atoms with Crippen LogP contribution in [0, 0.1) is 0 Å². The number of fused-ring (bicyclic) bond motifs is 1. The lowest BCUT2D eigenvalue weighted by molar-refractivity contribution is 0.0697. The summed E-state index contributed by atoms with van der Waals surface area (Å²) in [6.45, 7) is 0. The van der Waals surface area contributed by atoms with Gasteiger partial charge in [0.15, 0.2) is 5.43 Å². The van der Waals surface area contributed by atoms with Crippen molar-refractivity contribution < 1.29 is 19.1 Å². The van der Waals surface area contributed by atoms with Crippen molar-refractivity contribution in [1.82, 2.24) is 0 Å². The highest BCUT2D eigenvalue weighted by molar-refractivity contribution is 5.92. The number of aromatic carboxylic acids is 1. The maximum atomic E-state index is 12.2. The molecule has 0 atom stereocenters. The van der Waals surface area contributed by atoms with Crippen molar-refractivity contribution in [3.8, 4) is 5.75 Å². The van der Waals surface area contributed by atoms with Crippen molar-refractivity contribution in [2.45, 2.75) is 0 Å². The molecule has 24 heavy (non-hydrogen) atoms. The quantitative estimate of drug-likeness (QED) is 0.793. The summed E-state index contributed by atoms with van der Waals surface area (Å²) in [6, 6.07) is 13.0. The average molecular weight is 322 g/mol. The Morgan fingerprint density at radius 1 is 1.12 bits per heavy atom. The van der Waals surface area contributed by atoms with E-state index in [1.165, 1.54) is 24.3 Å². The zero-order chi connectivity index (χ0) is 17.1. The average Bonchev–Trinajstić information content (AvgIpc) is 2.59. The smallest absolute Gasteiger partial charge is 0.335 e. The van der Waals surface area contributed by atoms with Gasteiger partial charge in [0.05, 0.1) is 18.1 Å². The van der Waals surface area contributed by atoms with E-state index in [4.69, 9.17) is 14.3 Å². The molecule has 0 saturated heterocycles. The first-order chi connectivity index (χ1) is 11.6. The molecule has 0 saturated carbocycles. The molecule has 0 amide bonds. The van der Waals surface area contributed by atoms with Crippen molar-refractivity contribution in [3.05, 3.63) is 75.6 Å². The number of carboxylic acid groups (broad SMARTS) is 1. The molecule has 5 heteroatoms. The lowest BCUT2D eigenvalue weighted by atomic mass is 10.1. The molecule has 0 aliphatic carbocycles. The summed E-state index contributed by atoms with van der Waals surface area (Å²) in [5, 5.41) is 9.23. The summed E-state index contributed by atoms with van der Waals surface area (Å²) in [4.78, 5) is 23.2. The maximum Gasteiger partial charge on any atom is 0.335 e. The lowest BCUT2D eigenvalue weighted by Gasteiger charge is -2.03. The summed E-state index contributed by atoms with van der Waals surface area (Å²) < 4.78 is 10.9. The van der Waals surface area contributed by atoms with Gasteiger partial charge in [-0.15, -0.1) is 0 Å². The number of carboxylic acids is 1. The van der Waals surface area contributed by atoms with Gasteiger partial charge in [0.1, 0.15) is 17.1 Å². The van der Waals surface area contributed by atoms with Crippen LogP contribution in [0.5, 0.6) is 5.75 Å². The molecule has 5 nitrogen and oxygen atoms in total. The standard InChI is InChI=1S/C19H14O5/c1-23-17-5-3-2-4-12(17)6-8-14-11-16(20)15-10-13(19(21)22)7-9-18(15)24-14/h2-11H,1H3,(H,21,22). The van der Waals surface area contributed by atoms with Gasteiger partial charge in [-0.25, -0.2) is 4.79 Å². The van der Waals surface area contributed by atoms with Gasteiger partial charge in [-0.3, -0.25) is 4.79 Å². The molecule has 3 aromatic rings. The van der Waals surface area contributed by atoms with Crippen molar-refractivity contribution >= 4 is 29.1 Å². The van der Waals surface area contributed by atoms with Gasteiger partial charge in [-0.05, 0) is 36.4 Å². The second-order valence-electron chi connectivity index (χ2n) is 5.10. The van der Waals surface area contributed by atoms with E-state index in [-0.39, 0.29) is 16.4 Å². The summed E-state index contributed by atoms with van der Waals surface area (Å²) in [5.41, 5.74) is 0.947. The normalized spacial score (nSPS) is 11.0. The number of rotatable bonds is 4. The third-order valence-corrected chi connectivity index (χ3v) is 3.56. The molecule has 1 heterocycles. The fraction of sp³-hybridized carbons (Fsp3) is 0.0526. The number of carbonyl (C=O) groups is 1. The second-order valence-corrected chi connectivity index (χ2v) is 5.10. The topological polar surface area (TPSA) is 76.7 Å². The van der Waals surface area contributed by atoms with E-state index in [1.54, 1.807) is 19.3 Å². The highest BCUT2D eigenvalue weighted by atomic mass is 16.5. The van der Waals surface area contributed by atoms with E-state index in [0.29, 0.717) is 17.1 Å². The number of hydrogen-bond acceptors (Lipinski definition) is 4. The summed E-state index contributed by atoms with van der Waals surface area (Å²) >= 11 is 0. The van der Waals surface area contributed by atoms with Crippen molar-refractivity contribution in [3.63, 3.8) is 0 Å². The Hall–Kier alpha value is -3.34. The Kier molecular flexibility index (Phi) is 4.16. The van der Waals surface area contributed by atoms with Crippen LogP contribution < -0.4 is 10.2 Å². The van der Waals surface area contributed by atoms with E-state index >= 15 is 0 Å². The Labute approximate surface area is 137 Å². The van der Waals surface area contributed by atoms with Gasteiger partial charge < -0.3 is 14.3 Å². The van der Waals surface area contributed by atoms with Gasteiger partial charge in [-0.2, -0.15) is 0 Å². The predicted octanol–water partition coefficient (Wildman–Crippen LogP) is 3.67. The Balaban J connectivity index is 2.02. The molecule has 3 rings (SSSR count). The van der Waals surface area contributed by atoms with E-state index in [0.717, 1.165) is 5.56 Å². The van der Waals surface area contributed by atoms with Crippen LogP contribution in [0.15, 0.2) is 57.7 Å². The molecule has 0 fully saturated rings. The molecule has 120 valence electrons. The van der Waals surface area contributed by atoms with E-state index in [9.17, 15) is 9.59 Å². The van der Waals surface area contributed by atoms with E-state index in [2.05, 4.69) is 0 Å². The molecule has 0 unspecified atom stereocenters. The molecule has 0 bridgehead atoms. The third-order valence-electron chi connectivity index (χ3n) is 3.56. The molecule has 0 aliphatic rings. The molecular formula is C19H14O5. The van der Waals surface area contributed by atoms with Gasteiger partial charge >= 0.3 is 5.97 Å². The minimum atomic E-state index is -1.09. The second kappa shape index (κ2) is 6.42. The Morgan fingerprint density at radius 2 is 1.92 bits per heavy atom. The van der Waals surface area contributed by atoms with E-state index in [1.807, 2.05) is 24.3 Å². The first-order valence-electron chi connectivity index (χ1n) is 7.21. The highest BCUT2D eigenvalue weighted by Crippen LogP contribution is 2.21. The summed E-state index contributed by atoms with van der Waals surface area (Å²) in [6.07, 6.45) is 3.46. The maximum absolute atomic E-state index is 12.2. The fourth-order valence-corrected chi connectivity index (χ4v) is 2.37.